The van der Waals surface area contributed by atoms with Gasteiger partial charge < -0.3 is 9.47 Å². The maximum absolute atomic E-state index is 10.3. The quantitative estimate of drug-likeness (QED) is 0.531. The van der Waals surface area contributed by atoms with Crippen molar-refractivity contribution in [2.75, 3.05) is 13.7 Å². The molecule has 0 rings (SSSR count). The first-order valence-electron chi connectivity index (χ1n) is 4.52. The molecular weight excluding hydrogens is 196 g/mol. The SMILES string of the molecule is C=C(C)C(=O)OC.CC=CC(=O)OCC. The molecule has 0 aliphatic carbocycles. The lowest BCUT2D eigenvalue weighted by Crippen LogP contribution is -1.98. The molecule has 0 heterocycles. The number of ether oxygens (including phenoxy) is 2. The Hall–Kier alpha value is -1.58. The second-order valence-electron chi connectivity index (χ2n) is 2.52. The zero-order valence-corrected chi connectivity index (χ0v) is 9.70. The Labute approximate surface area is 90.6 Å². The van der Waals surface area contributed by atoms with E-state index in [9.17, 15) is 9.59 Å². The van der Waals surface area contributed by atoms with Crippen molar-refractivity contribution in [2.45, 2.75) is 20.8 Å². The molecule has 0 atom stereocenters. The predicted molar refractivity (Wildman–Crippen MR) is 58.3 cm³/mol. The average molecular weight is 214 g/mol. The summed E-state index contributed by atoms with van der Waals surface area (Å²) in [6.45, 7) is 8.96. The highest BCUT2D eigenvalue weighted by Crippen LogP contribution is 1.87. The molecule has 4 nitrogen and oxygen atoms in total. The summed E-state index contributed by atoms with van der Waals surface area (Å²) in [5, 5.41) is 0. The predicted octanol–water partition coefficient (Wildman–Crippen LogP) is 1.86. The van der Waals surface area contributed by atoms with Crippen LogP contribution in [0.1, 0.15) is 20.8 Å². The van der Waals surface area contributed by atoms with Gasteiger partial charge in [-0.05, 0) is 20.8 Å². The van der Waals surface area contributed by atoms with Crippen LogP contribution in [0.25, 0.3) is 0 Å². The van der Waals surface area contributed by atoms with Gasteiger partial charge in [0.25, 0.3) is 0 Å². The van der Waals surface area contributed by atoms with Gasteiger partial charge in [0.1, 0.15) is 0 Å². The van der Waals surface area contributed by atoms with Gasteiger partial charge in [0.05, 0.1) is 13.7 Å². The van der Waals surface area contributed by atoms with E-state index in [-0.39, 0.29) is 11.9 Å². The molecular formula is C11H18O4. The molecule has 0 spiro atoms. The van der Waals surface area contributed by atoms with Crippen molar-refractivity contribution in [1.82, 2.24) is 0 Å². The Morgan fingerprint density at radius 1 is 1.40 bits per heavy atom. The van der Waals surface area contributed by atoms with Crippen molar-refractivity contribution in [3.05, 3.63) is 24.3 Å². The van der Waals surface area contributed by atoms with Crippen molar-refractivity contribution in [2.24, 2.45) is 0 Å². The summed E-state index contributed by atoms with van der Waals surface area (Å²) in [6.07, 6.45) is 3.04. The minimum Gasteiger partial charge on any atom is -0.466 e. The smallest absolute Gasteiger partial charge is 0.332 e. The van der Waals surface area contributed by atoms with E-state index in [1.807, 2.05) is 0 Å². The van der Waals surface area contributed by atoms with E-state index in [2.05, 4.69) is 16.1 Å². The lowest BCUT2D eigenvalue weighted by molar-refractivity contribution is -0.137. The van der Waals surface area contributed by atoms with Crippen LogP contribution in [0, 0.1) is 0 Å². The number of esters is 2. The van der Waals surface area contributed by atoms with E-state index in [1.165, 1.54) is 13.2 Å². The summed E-state index contributed by atoms with van der Waals surface area (Å²) in [6, 6.07) is 0. The molecule has 0 saturated heterocycles. The second-order valence-corrected chi connectivity index (χ2v) is 2.52. The Kier molecular flexibility index (Phi) is 11.1. The summed E-state index contributed by atoms with van der Waals surface area (Å²) in [5.41, 5.74) is 0.433. The summed E-state index contributed by atoms with van der Waals surface area (Å²) in [5.74, 6) is -0.616. The van der Waals surface area contributed by atoms with Gasteiger partial charge in [0.15, 0.2) is 0 Å². The third-order valence-electron chi connectivity index (χ3n) is 1.12. The molecule has 0 bridgehead atoms. The molecule has 86 valence electrons. The van der Waals surface area contributed by atoms with Gasteiger partial charge in [-0.3, -0.25) is 0 Å². The summed E-state index contributed by atoms with van der Waals surface area (Å²) >= 11 is 0. The molecule has 0 aliphatic heterocycles. The minimum atomic E-state index is -0.347. The van der Waals surface area contributed by atoms with Crippen LogP contribution in [-0.4, -0.2) is 25.7 Å². The zero-order chi connectivity index (χ0) is 12.3. The van der Waals surface area contributed by atoms with E-state index in [1.54, 1.807) is 26.8 Å². The molecule has 0 aromatic carbocycles. The number of carbonyl (C=O) groups excluding carboxylic acids is 2. The van der Waals surface area contributed by atoms with Crippen LogP contribution in [0.5, 0.6) is 0 Å². The number of hydrogen-bond donors (Lipinski definition) is 0. The highest BCUT2D eigenvalue weighted by molar-refractivity contribution is 5.86. The van der Waals surface area contributed by atoms with Crippen molar-refractivity contribution in [3.8, 4) is 0 Å². The lowest BCUT2D eigenvalue weighted by Gasteiger charge is -1.91. The molecule has 0 saturated carbocycles. The lowest BCUT2D eigenvalue weighted by atomic mass is 10.4. The third kappa shape index (κ3) is 12.4. The third-order valence-corrected chi connectivity index (χ3v) is 1.12. The van der Waals surface area contributed by atoms with Gasteiger partial charge in [-0.15, -0.1) is 0 Å². The van der Waals surface area contributed by atoms with Gasteiger partial charge in [-0.2, -0.15) is 0 Å². The fourth-order valence-electron chi connectivity index (χ4n) is 0.501. The first-order chi connectivity index (χ1) is 6.99. The molecule has 0 fully saturated rings. The van der Waals surface area contributed by atoms with E-state index in [0.29, 0.717) is 12.2 Å². The molecule has 0 aromatic heterocycles. The maximum Gasteiger partial charge on any atom is 0.332 e. The fourth-order valence-corrected chi connectivity index (χ4v) is 0.501. The number of rotatable bonds is 3. The van der Waals surface area contributed by atoms with Crippen molar-refractivity contribution < 1.29 is 19.1 Å². The summed E-state index contributed by atoms with van der Waals surface area (Å²) in [4.78, 5) is 20.5. The van der Waals surface area contributed by atoms with Crippen LogP contribution in [0.4, 0.5) is 0 Å². The first kappa shape index (κ1) is 15.9. The van der Waals surface area contributed by atoms with E-state index < -0.39 is 0 Å². The molecule has 0 aromatic rings. The number of carbonyl (C=O) groups is 2. The van der Waals surface area contributed by atoms with E-state index in [4.69, 9.17) is 0 Å². The van der Waals surface area contributed by atoms with E-state index >= 15 is 0 Å². The van der Waals surface area contributed by atoms with Crippen molar-refractivity contribution in [1.29, 1.82) is 0 Å². The summed E-state index contributed by atoms with van der Waals surface area (Å²) < 4.78 is 8.83. The van der Waals surface area contributed by atoms with Crippen LogP contribution in [0.15, 0.2) is 24.3 Å². The van der Waals surface area contributed by atoms with Gasteiger partial charge in [0.2, 0.25) is 0 Å². The highest BCUT2D eigenvalue weighted by Gasteiger charge is 1.95. The monoisotopic (exact) mass is 214 g/mol. The van der Waals surface area contributed by atoms with Gasteiger partial charge >= 0.3 is 11.9 Å². The minimum absolute atomic E-state index is 0.269. The van der Waals surface area contributed by atoms with E-state index in [0.717, 1.165) is 0 Å². The highest BCUT2D eigenvalue weighted by atomic mass is 16.5. The Bertz CT molecular complexity index is 241. The topological polar surface area (TPSA) is 52.6 Å². The molecule has 0 unspecified atom stereocenters. The fraction of sp³-hybridized carbons (Fsp3) is 0.455. The van der Waals surface area contributed by atoms with Crippen LogP contribution in [0.2, 0.25) is 0 Å². The maximum atomic E-state index is 10.3. The zero-order valence-electron chi connectivity index (χ0n) is 9.70. The molecule has 0 amide bonds. The van der Waals surface area contributed by atoms with Crippen molar-refractivity contribution >= 4 is 11.9 Å². The average Bonchev–Trinajstić information content (AvgIpc) is 2.18. The number of methoxy groups -OCH3 is 1. The molecule has 15 heavy (non-hydrogen) atoms. The molecule has 0 N–H and O–H groups in total. The van der Waals surface area contributed by atoms with Crippen LogP contribution < -0.4 is 0 Å². The largest absolute Gasteiger partial charge is 0.466 e. The molecule has 0 radical (unpaired) electrons. The Balaban J connectivity index is 0. The van der Waals surface area contributed by atoms with Crippen LogP contribution >= 0.6 is 0 Å². The number of hydrogen-bond acceptors (Lipinski definition) is 4. The Morgan fingerprint density at radius 2 is 1.93 bits per heavy atom. The standard InChI is InChI=1S/C6H10O2.C5H8O2/c1-3-5-6(7)8-4-2;1-4(2)5(6)7-3/h3,5H,4H2,1-2H3;1H2,2-3H3. The normalized spacial score (nSPS) is 8.80. The first-order valence-corrected chi connectivity index (χ1v) is 4.52. The number of allylic oxidation sites excluding steroid dienone is 1. The molecule has 0 aliphatic rings. The van der Waals surface area contributed by atoms with Crippen molar-refractivity contribution in [3.63, 3.8) is 0 Å². The Morgan fingerprint density at radius 3 is 2.13 bits per heavy atom. The second kappa shape index (κ2) is 10.5. The van der Waals surface area contributed by atoms with Crippen LogP contribution in [-0.2, 0) is 19.1 Å². The van der Waals surface area contributed by atoms with Crippen LogP contribution in [0.3, 0.4) is 0 Å². The summed E-state index contributed by atoms with van der Waals surface area (Å²) in [7, 11) is 1.33. The molecule has 4 heteroatoms. The van der Waals surface area contributed by atoms with Gasteiger partial charge in [-0.1, -0.05) is 12.7 Å². The van der Waals surface area contributed by atoms with Gasteiger partial charge in [0, 0.05) is 11.6 Å². The van der Waals surface area contributed by atoms with Gasteiger partial charge in [-0.25, -0.2) is 9.59 Å².